The third-order valence-electron chi connectivity index (χ3n) is 5.16. The van der Waals surface area contributed by atoms with Gasteiger partial charge >= 0.3 is 16.4 Å². The smallest absolute Gasteiger partial charge is 0.410 e. The molecule has 1 amide bonds. The van der Waals surface area contributed by atoms with Gasteiger partial charge in [-0.3, -0.25) is 4.55 Å². The number of piperidine rings is 1. The highest BCUT2D eigenvalue weighted by molar-refractivity contribution is 7.83. The number of halogens is 1. The van der Waals surface area contributed by atoms with Crippen molar-refractivity contribution in [1.82, 2.24) is 24.0 Å². The van der Waals surface area contributed by atoms with Gasteiger partial charge in [-0.15, -0.1) is 0 Å². The molecule has 0 aromatic carbocycles. The molecule has 0 unspecified atom stereocenters. The van der Waals surface area contributed by atoms with Gasteiger partial charge in [-0.2, -0.15) is 17.8 Å². The van der Waals surface area contributed by atoms with Crippen molar-refractivity contribution in [2.24, 2.45) is 0 Å². The van der Waals surface area contributed by atoms with E-state index in [1.807, 2.05) is 0 Å². The molecule has 0 saturated carbocycles. The molecule has 1 aliphatic heterocycles. The lowest BCUT2D eigenvalue weighted by molar-refractivity contribution is 0.0166. The van der Waals surface area contributed by atoms with Crippen molar-refractivity contribution in [3.63, 3.8) is 0 Å². The Morgan fingerprint density at radius 1 is 1.28 bits per heavy atom. The van der Waals surface area contributed by atoms with Gasteiger partial charge in [-0.25, -0.2) is 18.9 Å². The minimum absolute atomic E-state index is 0.306. The number of amides is 1. The van der Waals surface area contributed by atoms with E-state index in [1.54, 1.807) is 39.8 Å². The molecule has 3 rings (SSSR count). The Kier molecular flexibility index (Phi) is 6.86. The van der Waals surface area contributed by atoms with Gasteiger partial charge in [0.15, 0.2) is 11.6 Å². The normalized spacial score (nSPS) is 16.9. The van der Waals surface area contributed by atoms with Crippen LogP contribution in [0.2, 0.25) is 0 Å². The molecule has 32 heavy (non-hydrogen) atoms. The molecule has 0 radical (unpaired) electrons. The fourth-order valence-electron chi connectivity index (χ4n) is 3.69. The van der Waals surface area contributed by atoms with Gasteiger partial charge in [-0.05, 0) is 52.2 Å². The molecule has 1 fully saturated rings. The Balaban J connectivity index is 1.73. The number of carbonyl (C=O) groups is 1. The summed E-state index contributed by atoms with van der Waals surface area (Å²) in [5, 5.41) is 3.84. The van der Waals surface area contributed by atoms with Crippen LogP contribution in [0.15, 0.2) is 30.7 Å². The van der Waals surface area contributed by atoms with Gasteiger partial charge in [-0.1, -0.05) is 6.07 Å². The lowest BCUT2D eigenvalue weighted by Gasteiger charge is -2.39. The van der Waals surface area contributed by atoms with Crippen molar-refractivity contribution < 1.29 is 26.9 Å². The number of nitrogens with zero attached hydrogens (tertiary/aromatic N) is 5. The molecule has 1 atom stereocenters. The quantitative estimate of drug-likeness (QED) is 0.669. The lowest BCUT2D eigenvalue weighted by Crippen LogP contribution is -2.50. The summed E-state index contributed by atoms with van der Waals surface area (Å²) in [6, 6.07) is 2.03. The van der Waals surface area contributed by atoms with Gasteiger partial charge in [0, 0.05) is 25.3 Å². The number of hydrogen-bond donors (Lipinski definition) is 1. The Hall–Kier alpha value is -2.57. The average Bonchev–Trinajstić information content (AvgIpc) is 3.12. The largest absolute Gasteiger partial charge is 0.444 e. The number of rotatable bonds is 5. The fraction of sp³-hybridized carbons (Fsp3) is 0.550. The minimum Gasteiger partial charge on any atom is -0.444 e. The zero-order valence-electron chi connectivity index (χ0n) is 18.5. The number of pyridine rings is 1. The van der Waals surface area contributed by atoms with Crippen molar-refractivity contribution in [3.05, 3.63) is 42.1 Å². The monoisotopic (exact) mass is 469 g/mol. The molecule has 2 aromatic heterocycles. The second-order valence-corrected chi connectivity index (χ2v) is 10.1. The van der Waals surface area contributed by atoms with Crippen LogP contribution in [0.1, 0.15) is 52.1 Å². The van der Waals surface area contributed by atoms with Crippen molar-refractivity contribution in [1.29, 1.82) is 0 Å². The second kappa shape index (κ2) is 9.12. The first-order valence-electron chi connectivity index (χ1n) is 10.3. The molecule has 3 heterocycles. The molecule has 0 aliphatic carbocycles. The van der Waals surface area contributed by atoms with Gasteiger partial charge < -0.3 is 9.64 Å². The summed E-state index contributed by atoms with van der Waals surface area (Å²) < 4.78 is 55.3. The van der Waals surface area contributed by atoms with E-state index in [4.69, 9.17) is 4.74 Å². The van der Waals surface area contributed by atoms with E-state index in [0.29, 0.717) is 37.3 Å². The van der Waals surface area contributed by atoms with Crippen molar-refractivity contribution in [2.75, 3.05) is 13.1 Å². The summed E-state index contributed by atoms with van der Waals surface area (Å²) >= 11 is 0. The van der Waals surface area contributed by atoms with Crippen molar-refractivity contribution in [2.45, 2.75) is 58.2 Å². The summed E-state index contributed by atoms with van der Waals surface area (Å²) in [6.45, 7) is 7.60. The molecule has 1 aliphatic rings. The average molecular weight is 470 g/mol. The molecule has 176 valence electrons. The highest BCUT2D eigenvalue weighted by Crippen LogP contribution is 2.30. The number of ether oxygens (including phenoxy) is 1. The van der Waals surface area contributed by atoms with Crippen LogP contribution in [0.3, 0.4) is 0 Å². The highest BCUT2D eigenvalue weighted by Gasteiger charge is 2.37. The van der Waals surface area contributed by atoms with Crippen LogP contribution >= 0.6 is 0 Å². The number of hydrogen-bond acceptors (Lipinski definition) is 6. The summed E-state index contributed by atoms with van der Waals surface area (Å²) in [4.78, 5) is 18.0. The molecule has 1 saturated heterocycles. The van der Waals surface area contributed by atoms with Crippen LogP contribution in [0.25, 0.3) is 5.82 Å². The Morgan fingerprint density at radius 3 is 2.41 bits per heavy atom. The first-order valence-corrected chi connectivity index (χ1v) is 11.7. The second-order valence-electron chi connectivity index (χ2n) is 8.74. The first-order chi connectivity index (χ1) is 14.8. The van der Waals surface area contributed by atoms with Gasteiger partial charge in [0.2, 0.25) is 0 Å². The van der Waals surface area contributed by atoms with E-state index in [-0.39, 0.29) is 0 Å². The molecule has 1 N–H and O–H groups in total. The minimum atomic E-state index is -4.53. The molecule has 0 bridgehead atoms. The highest BCUT2D eigenvalue weighted by atomic mass is 32.2. The number of aromatic nitrogens is 3. The molecule has 0 spiro atoms. The van der Waals surface area contributed by atoms with Gasteiger partial charge in [0.1, 0.15) is 5.60 Å². The summed E-state index contributed by atoms with van der Waals surface area (Å²) in [6.07, 6.45) is 3.95. The first kappa shape index (κ1) is 24.1. The van der Waals surface area contributed by atoms with Crippen LogP contribution in [-0.2, 0) is 15.0 Å². The van der Waals surface area contributed by atoms with Crippen LogP contribution < -0.4 is 0 Å². The lowest BCUT2D eigenvalue weighted by atomic mass is 10.0. The van der Waals surface area contributed by atoms with Crippen LogP contribution in [-0.4, -0.2) is 67.8 Å². The zero-order chi connectivity index (χ0) is 23.7. The Bertz CT molecular complexity index is 1040. The van der Waals surface area contributed by atoms with E-state index in [9.17, 15) is 22.2 Å². The third-order valence-corrected chi connectivity index (χ3v) is 6.31. The molecule has 10 nitrogen and oxygen atoms in total. The SMILES string of the molecule is C[C@@H](c1ccc(-n2cc(F)cn2)nc1)N(C1CCN(C(=O)OC(C)(C)C)CC1)S(=O)(=O)O. The van der Waals surface area contributed by atoms with E-state index in [1.165, 1.54) is 22.0 Å². The molecular formula is C20H28FN5O5S. The summed E-state index contributed by atoms with van der Waals surface area (Å²) in [5.41, 5.74) is -0.0714. The molecule has 12 heteroatoms. The number of carbonyl (C=O) groups excluding carboxylic acids is 1. The predicted molar refractivity (Wildman–Crippen MR) is 114 cm³/mol. The van der Waals surface area contributed by atoms with E-state index < -0.39 is 39.9 Å². The van der Waals surface area contributed by atoms with Crippen LogP contribution in [0, 0.1) is 5.82 Å². The standard InChI is InChI=1S/C20H28FN5O5S/c1-14(15-5-6-18(22-11-15)25-13-16(21)12-23-25)26(32(28,29)30)17-7-9-24(10-8-17)19(27)31-20(2,3)4/h5-6,11-14,17H,7-10H2,1-4H3,(H,28,29,30)/t14-/m0/s1. The Morgan fingerprint density at radius 2 is 1.94 bits per heavy atom. The molecule has 2 aromatic rings. The van der Waals surface area contributed by atoms with Gasteiger partial charge in [0.25, 0.3) is 0 Å². The predicted octanol–water partition coefficient (Wildman–Crippen LogP) is 2.97. The van der Waals surface area contributed by atoms with Crippen molar-refractivity contribution >= 4 is 16.4 Å². The van der Waals surface area contributed by atoms with Gasteiger partial charge in [0.05, 0.1) is 18.4 Å². The Labute approximate surface area is 186 Å². The summed E-state index contributed by atoms with van der Waals surface area (Å²) in [5.74, 6) is -0.131. The number of likely N-dealkylation sites (tertiary alicyclic amines) is 1. The maximum Gasteiger partial charge on any atom is 0.410 e. The van der Waals surface area contributed by atoms with E-state index in [0.717, 1.165) is 10.5 Å². The zero-order valence-corrected chi connectivity index (χ0v) is 19.3. The third kappa shape index (κ3) is 5.81. The maximum absolute atomic E-state index is 13.2. The van der Waals surface area contributed by atoms with E-state index in [2.05, 4.69) is 10.1 Å². The maximum atomic E-state index is 13.2. The van der Waals surface area contributed by atoms with Crippen LogP contribution in [0.5, 0.6) is 0 Å². The van der Waals surface area contributed by atoms with Crippen molar-refractivity contribution in [3.8, 4) is 5.82 Å². The fourth-order valence-corrected chi connectivity index (χ4v) is 4.80. The molecular weight excluding hydrogens is 441 g/mol. The van der Waals surface area contributed by atoms with Crippen LogP contribution in [0.4, 0.5) is 9.18 Å². The topological polar surface area (TPSA) is 118 Å². The van der Waals surface area contributed by atoms with E-state index >= 15 is 0 Å². The summed E-state index contributed by atoms with van der Waals surface area (Å²) in [7, 11) is -4.53.